The number of hydrogen-bond donors (Lipinski definition) is 0. The van der Waals surface area contributed by atoms with Gasteiger partial charge in [0.15, 0.2) is 0 Å². The van der Waals surface area contributed by atoms with Crippen LogP contribution in [0.15, 0.2) is 34.2 Å². The second-order valence-electron chi connectivity index (χ2n) is 9.00. The summed E-state index contributed by atoms with van der Waals surface area (Å²) in [6, 6.07) is 5.90. The Bertz CT molecular complexity index is 919. The minimum atomic E-state index is -0.0427. The number of aromatic nitrogens is 3. The molecular weight excluding hydrogens is 398 g/mol. The lowest BCUT2D eigenvalue weighted by Crippen LogP contribution is -2.62. The zero-order valence-corrected chi connectivity index (χ0v) is 17.7. The molecule has 2 aromatic rings. The van der Waals surface area contributed by atoms with Crippen LogP contribution in [0.25, 0.3) is 11.5 Å². The lowest BCUT2D eigenvalue weighted by atomic mass is 9.52. The molecule has 2 heterocycles. The van der Waals surface area contributed by atoms with Gasteiger partial charge in [0.1, 0.15) is 0 Å². The van der Waals surface area contributed by atoms with Crippen LogP contribution >= 0.6 is 11.8 Å². The van der Waals surface area contributed by atoms with Crippen molar-refractivity contribution in [2.24, 2.45) is 17.8 Å². The van der Waals surface area contributed by atoms with Crippen LogP contribution < -0.4 is 0 Å². The Morgan fingerprint density at radius 3 is 2.60 bits per heavy atom. The van der Waals surface area contributed by atoms with Crippen molar-refractivity contribution in [3.63, 3.8) is 0 Å². The molecule has 0 atom stereocenters. The summed E-state index contributed by atoms with van der Waals surface area (Å²) in [6.07, 6.45) is 11.0. The maximum absolute atomic E-state index is 13.3. The van der Waals surface area contributed by atoms with Crippen LogP contribution in [0.4, 0.5) is 0 Å². The average Bonchev–Trinajstić information content (AvgIpc) is 3.21. The van der Waals surface area contributed by atoms with Crippen molar-refractivity contribution in [2.75, 3.05) is 12.3 Å². The normalized spacial score (nSPS) is 29.0. The number of nitriles is 1. The second-order valence-corrected chi connectivity index (χ2v) is 9.93. The van der Waals surface area contributed by atoms with Crippen molar-refractivity contribution in [3.8, 4) is 17.5 Å². The van der Waals surface area contributed by atoms with Gasteiger partial charge in [-0.25, -0.2) is 0 Å². The monoisotopic (exact) mass is 423 g/mol. The summed E-state index contributed by atoms with van der Waals surface area (Å²) in [5.74, 6) is 2.98. The molecule has 4 aliphatic rings. The number of thioether (sulfide) groups is 1. The van der Waals surface area contributed by atoms with E-state index in [1.807, 2.05) is 17.0 Å². The third-order valence-electron chi connectivity index (χ3n) is 6.96. The minimum Gasteiger partial charge on any atom is -0.411 e. The third-order valence-corrected chi connectivity index (χ3v) is 7.76. The Morgan fingerprint density at radius 1 is 1.23 bits per heavy atom. The molecule has 4 saturated carbocycles. The van der Waals surface area contributed by atoms with E-state index in [2.05, 4.69) is 21.3 Å². The van der Waals surface area contributed by atoms with Crippen LogP contribution in [0.5, 0.6) is 0 Å². The van der Waals surface area contributed by atoms with Crippen molar-refractivity contribution in [2.45, 2.75) is 55.7 Å². The van der Waals surface area contributed by atoms with Crippen molar-refractivity contribution in [1.82, 2.24) is 20.1 Å². The fourth-order valence-electron chi connectivity index (χ4n) is 6.26. The number of nitrogens with zero attached hydrogens (tertiary/aromatic N) is 5. The predicted molar refractivity (Wildman–Crippen MR) is 111 cm³/mol. The maximum Gasteiger partial charge on any atom is 0.277 e. The molecule has 0 N–H and O–H groups in total. The van der Waals surface area contributed by atoms with E-state index < -0.39 is 0 Å². The Morgan fingerprint density at radius 2 is 1.97 bits per heavy atom. The molecule has 0 radical (unpaired) electrons. The number of pyridine rings is 1. The van der Waals surface area contributed by atoms with Gasteiger partial charge in [0.2, 0.25) is 11.8 Å². The fraction of sp³-hybridized carbons (Fsp3) is 0.591. The number of carbonyl (C=O) groups is 1. The van der Waals surface area contributed by atoms with Gasteiger partial charge in [0, 0.05) is 24.5 Å². The second kappa shape index (κ2) is 8.03. The van der Waals surface area contributed by atoms with Crippen molar-refractivity contribution >= 4 is 17.7 Å². The van der Waals surface area contributed by atoms with E-state index in [-0.39, 0.29) is 17.2 Å². The molecule has 2 aromatic heterocycles. The zero-order valence-electron chi connectivity index (χ0n) is 16.9. The van der Waals surface area contributed by atoms with Crippen LogP contribution in [0.2, 0.25) is 0 Å². The molecular formula is C22H25N5O2S. The molecule has 0 unspecified atom stereocenters. The van der Waals surface area contributed by atoms with Gasteiger partial charge in [0.25, 0.3) is 5.22 Å². The summed E-state index contributed by atoms with van der Waals surface area (Å²) in [6.45, 7) is 0.521. The molecule has 7 nitrogen and oxygen atoms in total. The lowest BCUT2D eigenvalue weighted by Gasteiger charge is -2.60. The summed E-state index contributed by atoms with van der Waals surface area (Å²) in [5, 5.41) is 17.7. The van der Waals surface area contributed by atoms with Crippen molar-refractivity contribution in [3.05, 3.63) is 24.5 Å². The quantitative estimate of drug-likeness (QED) is 0.622. The first-order valence-electron chi connectivity index (χ1n) is 10.7. The highest BCUT2D eigenvalue weighted by Crippen LogP contribution is 2.57. The first kappa shape index (κ1) is 19.6. The molecule has 156 valence electrons. The number of amides is 1. The van der Waals surface area contributed by atoms with E-state index in [0.29, 0.717) is 24.1 Å². The predicted octanol–water partition coefficient (Wildman–Crippen LogP) is 3.93. The van der Waals surface area contributed by atoms with Gasteiger partial charge >= 0.3 is 0 Å². The molecule has 1 amide bonds. The topological polar surface area (TPSA) is 95.9 Å². The highest BCUT2D eigenvalue weighted by molar-refractivity contribution is 7.99. The Balaban J connectivity index is 1.28. The number of hydrogen-bond acceptors (Lipinski definition) is 7. The zero-order chi connectivity index (χ0) is 20.6. The van der Waals surface area contributed by atoms with Crippen LogP contribution in [-0.2, 0) is 4.79 Å². The molecule has 4 fully saturated rings. The first-order valence-corrected chi connectivity index (χ1v) is 11.7. The van der Waals surface area contributed by atoms with E-state index in [0.717, 1.165) is 42.6 Å². The number of rotatable bonds is 7. The Hall–Kier alpha value is -2.40. The van der Waals surface area contributed by atoms with Crippen LogP contribution in [0.1, 0.15) is 44.9 Å². The first-order chi connectivity index (χ1) is 14.6. The molecule has 0 spiro atoms. The van der Waals surface area contributed by atoms with E-state index in [4.69, 9.17) is 9.68 Å². The van der Waals surface area contributed by atoms with Gasteiger partial charge in [0.05, 0.1) is 23.8 Å². The standard InChI is InChI=1S/C22H25N5O2S/c23-4-2-6-27(22-10-15-7-16(11-22)9-17(8-15)12-22)19(28)14-30-21-26-25-20(29-21)18-3-1-5-24-13-18/h1,3,5,13,15-17H,2,6-12,14H2. The highest BCUT2D eigenvalue weighted by Gasteiger charge is 2.54. The summed E-state index contributed by atoms with van der Waals surface area (Å²) < 4.78 is 5.71. The molecule has 4 aliphatic carbocycles. The highest BCUT2D eigenvalue weighted by atomic mass is 32.2. The molecule has 8 heteroatoms. The SMILES string of the molecule is N#CCCN(C(=O)CSc1nnc(-c2cccnc2)o1)C12CC3CC(CC(C3)C1)C2. The summed E-state index contributed by atoms with van der Waals surface area (Å²) in [7, 11) is 0. The van der Waals surface area contributed by atoms with Crippen LogP contribution in [0.3, 0.4) is 0 Å². The van der Waals surface area contributed by atoms with Gasteiger partial charge in [-0.2, -0.15) is 5.26 Å². The van der Waals surface area contributed by atoms with Crippen LogP contribution in [0, 0.1) is 29.1 Å². The lowest BCUT2D eigenvalue weighted by molar-refractivity contribution is -0.147. The van der Waals surface area contributed by atoms with E-state index in [1.54, 1.807) is 12.4 Å². The molecule has 4 bridgehead atoms. The van der Waals surface area contributed by atoms with E-state index in [1.165, 1.54) is 31.0 Å². The summed E-state index contributed by atoms with van der Waals surface area (Å²) in [4.78, 5) is 19.4. The van der Waals surface area contributed by atoms with E-state index >= 15 is 0 Å². The van der Waals surface area contributed by atoms with E-state index in [9.17, 15) is 4.79 Å². The van der Waals surface area contributed by atoms with Crippen LogP contribution in [-0.4, -0.2) is 43.8 Å². The largest absolute Gasteiger partial charge is 0.411 e. The molecule has 0 saturated heterocycles. The Kier molecular flexibility index (Phi) is 5.23. The average molecular weight is 424 g/mol. The van der Waals surface area contributed by atoms with Gasteiger partial charge < -0.3 is 9.32 Å². The minimum absolute atomic E-state index is 0.0427. The molecule has 0 aliphatic heterocycles. The third kappa shape index (κ3) is 3.71. The summed E-state index contributed by atoms with van der Waals surface area (Å²) >= 11 is 1.28. The smallest absolute Gasteiger partial charge is 0.277 e. The molecule has 0 aromatic carbocycles. The van der Waals surface area contributed by atoms with Gasteiger partial charge in [-0.15, -0.1) is 10.2 Å². The van der Waals surface area contributed by atoms with Gasteiger partial charge in [-0.05, 0) is 68.4 Å². The number of carbonyl (C=O) groups excluding carboxylic acids is 1. The molecule has 6 rings (SSSR count). The van der Waals surface area contributed by atoms with Crippen molar-refractivity contribution < 1.29 is 9.21 Å². The summed E-state index contributed by atoms with van der Waals surface area (Å²) in [5.41, 5.74) is 0.714. The Labute approximate surface area is 180 Å². The van der Waals surface area contributed by atoms with Gasteiger partial charge in [-0.1, -0.05) is 11.8 Å². The van der Waals surface area contributed by atoms with Crippen molar-refractivity contribution in [1.29, 1.82) is 5.26 Å². The molecule has 30 heavy (non-hydrogen) atoms. The van der Waals surface area contributed by atoms with Gasteiger partial charge in [-0.3, -0.25) is 9.78 Å². The fourth-order valence-corrected chi connectivity index (χ4v) is 6.90. The maximum atomic E-state index is 13.3.